The summed E-state index contributed by atoms with van der Waals surface area (Å²) in [6, 6.07) is 17.9. The van der Waals surface area contributed by atoms with E-state index in [2.05, 4.69) is 28.4 Å². The number of nitrogens with one attached hydrogen (secondary N) is 1. The molecule has 1 aliphatic rings. The number of hydrogen-bond acceptors (Lipinski definition) is 2. The standard InChI is InChI=1S/C17H13N3O/c21-17(15-9-10-18-19-15)20-11-12-5-1-2-6-13(12)14-7-3-4-8-16(14)20/h1-10H,11H2,(H,18,19). The van der Waals surface area contributed by atoms with Crippen molar-refractivity contribution in [3.8, 4) is 11.1 Å². The number of carbonyl (C=O) groups excluding carboxylic acids is 1. The van der Waals surface area contributed by atoms with Gasteiger partial charge in [0.15, 0.2) is 0 Å². The summed E-state index contributed by atoms with van der Waals surface area (Å²) in [6.45, 7) is 0.574. The summed E-state index contributed by atoms with van der Waals surface area (Å²) >= 11 is 0. The van der Waals surface area contributed by atoms with E-state index in [0.29, 0.717) is 12.2 Å². The van der Waals surface area contributed by atoms with Gasteiger partial charge in [-0.05, 0) is 23.3 Å². The number of carbonyl (C=O) groups is 1. The van der Waals surface area contributed by atoms with Crippen LogP contribution < -0.4 is 4.90 Å². The minimum atomic E-state index is -0.0607. The van der Waals surface area contributed by atoms with Crippen molar-refractivity contribution in [3.63, 3.8) is 0 Å². The average Bonchev–Trinajstić information content (AvgIpc) is 3.08. The fourth-order valence-corrected chi connectivity index (χ4v) is 2.81. The second-order valence-corrected chi connectivity index (χ2v) is 5.04. The smallest absolute Gasteiger partial charge is 0.276 e. The number of aromatic nitrogens is 2. The van der Waals surface area contributed by atoms with Crippen LogP contribution in [-0.4, -0.2) is 16.1 Å². The highest BCUT2D eigenvalue weighted by molar-refractivity contribution is 6.08. The molecule has 0 unspecified atom stereocenters. The van der Waals surface area contributed by atoms with Crippen molar-refractivity contribution in [1.29, 1.82) is 0 Å². The molecule has 0 atom stereocenters. The lowest BCUT2D eigenvalue weighted by molar-refractivity contribution is 0.0980. The van der Waals surface area contributed by atoms with E-state index in [-0.39, 0.29) is 5.91 Å². The molecule has 4 heteroatoms. The van der Waals surface area contributed by atoms with Crippen LogP contribution in [0, 0.1) is 0 Å². The van der Waals surface area contributed by atoms with Gasteiger partial charge in [0.1, 0.15) is 5.69 Å². The Balaban J connectivity index is 1.87. The Bertz CT molecular complexity index is 808. The Morgan fingerprint density at radius 3 is 2.57 bits per heavy atom. The maximum atomic E-state index is 12.7. The highest BCUT2D eigenvalue weighted by Crippen LogP contribution is 2.39. The zero-order chi connectivity index (χ0) is 14.2. The van der Waals surface area contributed by atoms with Crippen molar-refractivity contribution in [2.75, 3.05) is 4.90 Å². The summed E-state index contributed by atoms with van der Waals surface area (Å²) in [5, 5.41) is 6.61. The molecule has 3 aromatic rings. The van der Waals surface area contributed by atoms with Crippen LogP contribution in [-0.2, 0) is 6.54 Å². The fourth-order valence-electron chi connectivity index (χ4n) is 2.81. The normalized spacial score (nSPS) is 12.7. The average molecular weight is 275 g/mol. The van der Waals surface area contributed by atoms with Gasteiger partial charge in [0.25, 0.3) is 5.91 Å². The van der Waals surface area contributed by atoms with Gasteiger partial charge in [-0.3, -0.25) is 9.89 Å². The molecule has 4 nitrogen and oxygen atoms in total. The van der Waals surface area contributed by atoms with E-state index in [1.165, 1.54) is 5.56 Å². The zero-order valence-corrected chi connectivity index (χ0v) is 11.3. The van der Waals surface area contributed by atoms with Gasteiger partial charge in [-0.25, -0.2) is 0 Å². The van der Waals surface area contributed by atoms with Crippen LogP contribution in [0.15, 0.2) is 60.8 Å². The van der Waals surface area contributed by atoms with E-state index in [1.807, 2.05) is 30.3 Å². The number of rotatable bonds is 1. The number of hydrogen-bond donors (Lipinski definition) is 1. The van der Waals surface area contributed by atoms with Gasteiger partial charge in [-0.15, -0.1) is 0 Å². The summed E-state index contributed by atoms with van der Waals surface area (Å²) in [5.74, 6) is -0.0607. The number of anilines is 1. The monoisotopic (exact) mass is 275 g/mol. The lowest BCUT2D eigenvalue weighted by Crippen LogP contribution is -2.33. The summed E-state index contributed by atoms with van der Waals surface area (Å²) in [6.07, 6.45) is 1.59. The summed E-state index contributed by atoms with van der Waals surface area (Å²) in [5.41, 5.74) is 4.89. The Morgan fingerprint density at radius 1 is 1.00 bits per heavy atom. The van der Waals surface area contributed by atoms with E-state index < -0.39 is 0 Å². The Hall–Kier alpha value is -2.88. The number of amides is 1. The molecule has 4 rings (SSSR count). The third-order valence-corrected chi connectivity index (χ3v) is 3.81. The van der Waals surface area contributed by atoms with Crippen molar-refractivity contribution in [2.45, 2.75) is 6.54 Å². The first kappa shape index (κ1) is 11.9. The predicted molar refractivity (Wildman–Crippen MR) is 81.0 cm³/mol. The Morgan fingerprint density at radius 2 is 1.76 bits per heavy atom. The minimum Gasteiger partial charge on any atom is -0.302 e. The molecule has 0 radical (unpaired) electrons. The van der Waals surface area contributed by atoms with E-state index in [9.17, 15) is 4.79 Å². The molecule has 1 aliphatic heterocycles. The number of benzene rings is 2. The second-order valence-electron chi connectivity index (χ2n) is 5.04. The molecule has 1 N–H and O–H groups in total. The minimum absolute atomic E-state index is 0.0607. The SMILES string of the molecule is O=C(c1ccn[nH]1)N1Cc2ccccc2-c2ccccc21. The molecular weight excluding hydrogens is 262 g/mol. The summed E-state index contributed by atoms with van der Waals surface area (Å²) in [7, 11) is 0. The van der Waals surface area contributed by atoms with Crippen LogP contribution in [0.2, 0.25) is 0 Å². The molecule has 0 saturated carbocycles. The van der Waals surface area contributed by atoms with Gasteiger partial charge in [0.2, 0.25) is 0 Å². The zero-order valence-electron chi connectivity index (χ0n) is 11.3. The van der Waals surface area contributed by atoms with E-state index >= 15 is 0 Å². The molecule has 0 aliphatic carbocycles. The van der Waals surface area contributed by atoms with E-state index in [1.54, 1.807) is 17.2 Å². The van der Waals surface area contributed by atoms with Crippen LogP contribution in [0.1, 0.15) is 16.1 Å². The van der Waals surface area contributed by atoms with Gasteiger partial charge < -0.3 is 4.90 Å². The highest BCUT2D eigenvalue weighted by atomic mass is 16.2. The van der Waals surface area contributed by atoms with Gasteiger partial charge in [-0.1, -0.05) is 42.5 Å². The molecule has 0 saturated heterocycles. The number of para-hydroxylation sites is 1. The molecule has 2 aromatic carbocycles. The van der Waals surface area contributed by atoms with Gasteiger partial charge in [0, 0.05) is 11.8 Å². The maximum absolute atomic E-state index is 12.7. The molecule has 102 valence electrons. The first-order chi connectivity index (χ1) is 10.3. The van der Waals surface area contributed by atoms with E-state index in [4.69, 9.17) is 0 Å². The highest BCUT2D eigenvalue weighted by Gasteiger charge is 2.27. The third-order valence-electron chi connectivity index (χ3n) is 3.81. The second kappa shape index (κ2) is 4.59. The Kier molecular flexibility index (Phi) is 2.60. The molecule has 21 heavy (non-hydrogen) atoms. The van der Waals surface area contributed by atoms with Crippen LogP contribution in [0.25, 0.3) is 11.1 Å². The van der Waals surface area contributed by atoms with E-state index in [0.717, 1.165) is 16.8 Å². The molecule has 0 fully saturated rings. The molecular formula is C17H13N3O. The number of nitrogens with zero attached hydrogens (tertiary/aromatic N) is 2. The lowest BCUT2D eigenvalue weighted by atomic mass is 9.93. The van der Waals surface area contributed by atoms with Crippen molar-refractivity contribution in [3.05, 3.63) is 72.1 Å². The Labute approximate surface area is 122 Å². The number of H-pyrrole nitrogens is 1. The van der Waals surface area contributed by atoms with Gasteiger partial charge >= 0.3 is 0 Å². The van der Waals surface area contributed by atoms with Crippen molar-refractivity contribution < 1.29 is 4.79 Å². The summed E-state index contributed by atoms with van der Waals surface area (Å²) in [4.78, 5) is 14.5. The molecule has 1 aromatic heterocycles. The largest absolute Gasteiger partial charge is 0.302 e. The van der Waals surface area contributed by atoms with Crippen molar-refractivity contribution in [2.24, 2.45) is 0 Å². The van der Waals surface area contributed by atoms with Crippen LogP contribution >= 0.6 is 0 Å². The maximum Gasteiger partial charge on any atom is 0.276 e. The number of fused-ring (bicyclic) bond motifs is 3. The van der Waals surface area contributed by atoms with Crippen molar-refractivity contribution in [1.82, 2.24) is 10.2 Å². The molecule has 0 bridgehead atoms. The van der Waals surface area contributed by atoms with Crippen LogP contribution in [0.3, 0.4) is 0 Å². The molecule has 1 amide bonds. The van der Waals surface area contributed by atoms with Crippen molar-refractivity contribution >= 4 is 11.6 Å². The topological polar surface area (TPSA) is 49.0 Å². The van der Waals surface area contributed by atoms with Gasteiger partial charge in [0.05, 0.1) is 12.2 Å². The molecule has 0 spiro atoms. The van der Waals surface area contributed by atoms with Crippen LogP contribution in [0.4, 0.5) is 5.69 Å². The lowest BCUT2D eigenvalue weighted by Gasteiger charge is -2.30. The first-order valence-electron chi connectivity index (χ1n) is 6.83. The van der Waals surface area contributed by atoms with Gasteiger partial charge in [-0.2, -0.15) is 5.10 Å². The predicted octanol–water partition coefficient (Wildman–Crippen LogP) is 3.24. The number of aromatic amines is 1. The quantitative estimate of drug-likeness (QED) is 0.741. The molecule has 2 heterocycles. The fraction of sp³-hybridized carbons (Fsp3) is 0.0588. The summed E-state index contributed by atoms with van der Waals surface area (Å²) < 4.78 is 0. The first-order valence-corrected chi connectivity index (χ1v) is 6.83. The van der Waals surface area contributed by atoms with Crippen LogP contribution in [0.5, 0.6) is 0 Å². The third kappa shape index (κ3) is 1.84.